The van der Waals surface area contributed by atoms with E-state index >= 15 is 0 Å². The molecule has 0 aliphatic heterocycles. The highest BCUT2D eigenvalue weighted by Crippen LogP contribution is 2.22. The summed E-state index contributed by atoms with van der Waals surface area (Å²) < 4.78 is 5.27. The minimum absolute atomic E-state index is 0.0433. The average molecular weight is 306 g/mol. The summed E-state index contributed by atoms with van der Waals surface area (Å²) in [7, 11) is 1.54. The highest BCUT2D eigenvalue weighted by atomic mass is 16.5. The van der Waals surface area contributed by atoms with Crippen LogP contribution in [0.1, 0.15) is 43.6 Å². The highest BCUT2D eigenvalue weighted by Gasteiger charge is 2.28. The Labute approximate surface area is 132 Å². The predicted octanol–water partition coefficient (Wildman–Crippen LogP) is 1.93. The number of benzene rings is 1. The lowest BCUT2D eigenvalue weighted by Crippen LogP contribution is -2.55. The molecule has 0 aromatic heterocycles. The summed E-state index contributed by atoms with van der Waals surface area (Å²) in [4.78, 5) is 23.8. The van der Waals surface area contributed by atoms with Crippen molar-refractivity contribution in [3.05, 3.63) is 29.3 Å². The molecule has 0 aliphatic carbocycles. The average Bonchev–Trinajstić information content (AvgIpc) is 2.46. The first kappa shape index (κ1) is 18.2. The van der Waals surface area contributed by atoms with Crippen LogP contribution < -0.4 is 15.8 Å². The molecule has 1 aromatic rings. The van der Waals surface area contributed by atoms with Gasteiger partial charge < -0.3 is 15.8 Å². The van der Waals surface area contributed by atoms with Gasteiger partial charge in [-0.05, 0) is 38.0 Å². The van der Waals surface area contributed by atoms with E-state index in [1.54, 1.807) is 25.3 Å². The van der Waals surface area contributed by atoms with Crippen molar-refractivity contribution >= 4 is 11.7 Å². The Morgan fingerprint density at radius 2 is 2.00 bits per heavy atom. The van der Waals surface area contributed by atoms with Crippen LogP contribution in [-0.2, 0) is 11.2 Å². The lowest BCUT2D eigenvalue weighted by atomic mass is 9.88. The van der Waals surface area contributed by atoms with Gasteiger partial charge in [0.1, 0.15) is 5.75 Å². The molecule has 1 atom stereocenters. The van der Waals surface area contributed by atoms with Crippen molar-refractivity contribution in [1.29, 1.82) is 0 Å². The summed E-state index contributed by atoms with van der Waals surface area (Å²) in [6.07, 6.45) is 0.145. The van der Waals surface area contributed by atoms with Crippen LogP contribution in [0.5, 0.6) is 5.75 Å². The Kier molecular flexibility index (Phi) is 6.11. The van der Waals surface area contributed by atoms with E-state index in [0.29, 0.717) is 23.4 Å². The number of nitrogens with one attached hydrogen (secondary N) is 1. The van der Waals surface area contributed by atoms with Crippen LogP contribution in [0.2, 0.25) is 0 Å². The molecule has 0 saturated carbocycles. The SMILES string of the molecule is COc1ccc(C(C)=O)cc1CC(=O)NC(C)(CN)C(C)C. The molecule has 5 nitrogen and oxygen atoms in total. The number of amides is 1. The number of nitrogens with two attached hydrogens (primary N) is 1. The van der Waals surface area contributed by atoms with Crippen molar-refractivity contribution < 1.29 is 14.3 Å². The molecule has 122 valence electrons. The maximum atomic E-state index is 12.3. The van der Waals surface area contributed by atoms with Crippen LogP contribution in [0.15, 0.2) is 18.2 Å². The number of carbonyl (C=O) groups is 2. The first-order chi connectivity index (χ1) is 10.2. The molecule has 1 aromatic carbocycles. The third-order valence-electron chi connectivity index (χ3n) is 4.16. The van der Waals surface area contributed by atoms with Crippen molar-refractivity contribution in [3.63, 3.8) is 0 Å². The zero-order valence-electron chi connectivity index (χ0n) is 14.0. The predicted molar refractivity (Wildman–Crippen MR) is 87.1 cm³/mol. The van der Waals surface area contributed by atoms with Crippen LogP contribution in [0.25, 0.3) is 0 Å². The molecule has 1 amide bonds. The van der Waals surface area contributed by atoms with E-state index < -0.39 is 5.54 Å². The quantitative estimate of drug-likeness (QED) is 0.754. The normalized spacial score (nSPS) is 13.6. The molecule has 22 heavy (non-hydrogen) atoms. The molecule has 0 aliphatic rings. The van der Waals surface area contributed by atoms with Gasteiger partial charge in [-0.1, -0.05) is 13.8 Å². The second-order valence-corrected chi connectivity index (χ2v) is 6.08. The molecule has 0 radical (unpaired) electrons. The van der Waals surface area contributed by atoms with E-state index in [1.165, 1.54) is 6.92 Å². The maximum Gasteiger partial charge on any atom is 0.225 e. The van der Waals surface area contributed by atoms with Gasteiger partial charge in [0.25, 0.3) is 0 Å². The Morgan fingerprint density at radius 1 is 1.36 bits per heavy atom. The zero-order chi connectivity index (χ0) is 16.9. The largest absolute Gasteiger partial charge is 0.496 e. The lowest BCUT2D eigenvalue weighted by Gasteiger charge is -2.33. The summed E-state index contributed by atoms with van der Waals surface area (Å²) in [5.74, 6) is 0.630. The molecule has 0 heterocycles. The van der Waals surface area contributed by atoms with E-state index in [-0.39, 0.29) is 24.0 Å². The number of hydrogen-bond acceptors (Lipinski definition) is 4. The smallest absolute Gasteiger partial charge is 0.225 e. The van der Waals surface area contributed by atoms with Gasteiger partial charge in [0.2, 0.25) is 5.91 Å². The summed E-state index contributed by atoms with van der Waals surface area (Å²) in [5.41, 5.74) is 6.58. The molecule has 0 bridgehead atoms. The Bertz CT molecular complexity index is 555. The third kappa shape index (κ3) is 4.31. The van der Waals surface area contributed by atoms with Crippen molar-refractivity contribution in [2.24, 2.45) is 11.7 Å². The fourth-order valence-corrected chi connectivity index (χ4v) is 2.10. The number of methoxy groups -OCH3 is 1. The van der Waals surface area contributed by atoms with E-state index in [9.17, 15) is 9.59 Å². The summed E-state index contributed by atoms with van der Waals surface area (Å²) in [6, 6.07) is 5.11. The molecular formula is C17H26N2O3. The fourth-order valence-electron chi connectivity index (χ4n) is 2.10. The van der Waals surface area contributed by atoms with Gasteiger partial charge >= 0.3 is 0 Å². The monoisotopic (exact) mass is 306 g/mol. The number of Topliss-reactive ketones (excluding diaryl/α,β-unsaturated/α-hetero) is 1. The summed E-state index contributed by atoms with van der Waals surface area (Å²) in [5, 5.41) is 2.99. The number of rotatable bonds is 7. The second-order valence-electron chi connectivity index (χ2n) is 6.08. The lowest BCUT2D eigenvalue weighted by molar-refractivity contribution is -0.122. The van der Waals surface area contributed by atoms with Crippen LogP contribution in [0.4, 0.5) is 0 Å². The molecule has 1 rings (SSSR count). The van der Waals surface area contributed by atoms with Crippen LogP contribution in [0, 0.1) is 5.92 Å². The Morgan fingerprint density at radius 3 is 2.45 bits per heavy atom. The van der Waals surface area contributed by atoms with Crippen molar-refractivity contribution in [1.82, 2.24) is 5.32 Å². The zero-order valence-corrected chi connectivity index (χ0v) is 14.0. The van der Waals surface area contributed by atoms with Crippen molar-refractivity contribution in [2.45, 2.75) is 39.7 Å². The number of ketones is 1. The molecule has 0 spiro atoms. The molecule has 0 fully saturated rings. The molecule has 3 N–H and O–H groups in total. The Hall–Kier alpha value is -1.88. The van der Waals surface area contributed by atoms with E-state index in [4.69, 9.17) is 10.5 Å². The van der Waals surface area contributed by atoms with E-state index in [0.717, 1.165) is 0 Å². The first-order valence-electron chi connectivity index (χ1n) is 7.42. The molecule has 1 unspecified atom stereocenters. The van der Waals surface area contributed by atoms with Crippen LogP contribution >= 0.6 is 0 Å². The summed E-state index contributed by atoms with van der Waals surface area (Å²) in [6.45, 7) is 7.82. The minimum atomic E-state index is -0.456. The van der Waals surface area contributed by atoms with Gasteiger partial charge in [0.05, 0.1) is 19.1 Å². The minimum Gasteiger partial charge on any atom is -0.496 e. The number of carbonyl (C=O) groups excluding carboxylic acids is 2. The number of ether oxygens (including phenoxy) is 1. The number of hydrogen-bond donors (Lipinski definition) is 2. The van der Waals surface area contributed by atoms with Crippen LogP contribution in [-0.4, -0.2) is 30.9 Å². The van der Waals surface area contributed by atoms with E-state index in [2.05, 4.69) is 5.32 Å². The standard InChI is InChI=1S/C17H26N2O3/c1-11(2)17(4,10-18)19-16(21)9-14-8-13(12(3)20)6-7-15(14)22-5/h6-8,11H,9-10,18H2,1-5H3,(H,19,21). The van der Waals surface area contributed by atoms with Gasteiger partial charge in [-0.25, -0.2) is 0 Å². The Balaban J connectivity index is 2.96. The van der Waals surface area contributed by atoms with Crippen LogP contribution in [0.3, 0.4) is 0 Å². The molecular weight excluding hydrogens is 280 g/mol. The molecule has 5 heteroatoms. The van der Waals surface area contributed by atoms with Crippen molar-refractivity contribution in [3.8, 4) is 5.75 Å². The van der Waals surface area contributed by atoms with Gasteiger partial charge in [-0.3, -0.25) is 9.59 Å². The van der Waals surface area contributed by atoms with Gasteiger partial charge in [-0.15, -0.1) is 0 Å². The third-order valence-corrected chi connectivity index (χ3v) is 4.16. The second kappa shape index (κ2) is 7.40. The van der Waals surface area contributed by atoms with E-state index in [1.807, 2.05) is 20.8 Å². The fraction of sp³-hybridized carbons (Fsp3) is 0.529. The topological polar surface area (TPSA) is 81.4 Å². The maximum absolute atomic E-state index is 12.3. The summed E-state index contributed by atoms with van der Waals surface area (Å²) >= 11 is 0. The first-order valence-corrected chi connectivity index (χ1v) is 7.42. The van der Waals surface area contributed by atoms with Gasteiger partial charge in [0.15, 0.2) is 5.78 Å². The highest BCUT2D eigenvalue weighted by molar-refractivity contribution is 5.94. The van der Waals surface area contributed by atoms with Gasteiger partial charge in [-0.2, -0.15) is 0 Å². The van der Waals surface area contributed by atoms with Crippen molar-refractivity contribution in [2.75, 3.05) is 13.7 Å². The van der Waals surface area contributed by atoms with Gasteiger partial charge in [0, 0.05) is 17.7 Å². The molecule has 0 saturated heterocycles.